The van der Waals surface area contributed by atoms with Crippen LogP contribution in [0, 0.1) is 0 Å². The minimum atomic E-state index is -4.58. The number of aliphatic hydroxyl groups is 2. The van der Waals surface area contributed by atoms with Crippen LogP contribution in [0.1, 0.15) is 16.1 Å². The van der Waals surface area contributed by atoms with Crippen molar-refractivity contribution < 1.29 is 32.9 Å². The molecule has 34 heavy (non-hydrogen) atoms. The molecule has 3 aromatic heterocycles. The molecule has 0 fully saturated rings. The Morgan fingerprint density at radius 1 is 1.15 bits per heavy atom. The lowest BCUT2D eigenvalue weighted by Crippen LogP contribution is -2.22. The first-order valence-electron chi connectivity index (χ1n) is 9.83. The van der Waals surface area contributed by atoms with Crippen LogP contribution in [0.5, 0.6) is 5.88 Å². The van der Waals surface area contributed by atoms with Crippen molar-refractivity contribution in [3.8, 4) is 17.1 Å². The maximum Gasteiger partial charge on any atom is 0.417 e. The number of ether oxygens (including phenoxy) is 1. The number of amides is 1. The van der Waals surface area contributed by atoms with E-state index in [-0.39, 0.29) is 40.9 Å². The van der Waals surface area contributed by atoms with E-state index < -0.39 is 30.4 Å². The predicted octanol–water partition coefficient (Wildman–Crippen LogP) is 2.19. The van der Waals surface area contributed by atoms with Crippen LogP contribution in [0.3, 0.4) is 0 Å². The summed E-state index contributed by atoms with van der Waals surface area (Å²) >= 11 is 0. The topological polar surface area (TPSA) is 135 Å². The first-order chi connectivity index (χ1) is 16.3. The number of nitrogens with one attached hydrogen (secondary N) is 1. The van der Waals surface area contributed by atoms with E-state index in [2.05, 4.69) is 25.4 Å². The zero-order chi connectivity index (χ0) is 24.3. The number of fused-ring (bicyclic) bond motifs is 1. The molecule has 0 saturated heterocycles. The SMILES string of the molecule is O=C(Nc1cncc(OC[C@H](O)CO)n1)c1cnc2ccc(-c3ccccc3C(F)(F)F)nn12. The summed E-state index contributed by atoms with van der Waals surface area (Å²) in [4.78, 5) is 24.8. The first kappa shape index (κ1) is 23.1. The monoisotopic (exact) mass is 474 g/mol. The molecular formula is C21H17F3N6O4. The third-order valence-corrected chi connectivity index (χ3v) is 4.59. The van der Waals surface area contributed by atoms with E-state index in [4.69, 9.17) is 9.84 Å². The van der Waals surface area contributed by atoms with Gasteiger partial charge in [0.25, 0.3) is 5.91 Å². The molecule has 0 aliphatic carbocycles. The fourth-order valence-corrected chi connectivity index (χ4v) is 3.02. The van der Waals surface area contributed by atoms with Crippen molar-refractivity contribution in [3.63, 3.8) is 0 Å². The Hall–Kier alpha value is -4.10. The Balaban J connectivity index is 1.61. The standard InChI is InChI=1S/C21H17F3N6O4/c22-21(23,24)14-4-2-1-3-13(14)15-5-6-18-26-7-16(30(18)29-15)20(33)28-17-8-25-9-19(27-17)34-11-12(32)10-31/h1-9,12,31-32H,10-11H2,(H,27,28,33)/t12-/m1/s1. The van der Waals surface area contributed by atoms with Crippen LogP contribution in [0.4, 0.5) is 19.0 Å². The summed E-state index contributed by atoms with van der Waals surface area (Å²) in [5.41, 5.74) is -0.793. The molecule has 0 unspecified atom stereocenters. The molecule has 1 atom stereocenters. The Morgan fingerprint density at radius 3 is 2.71 bits per heavy atom. The maximum absolute atomic E-state index is 13.4. The molecule has 3 heterocycles. The van der Waals surface area contributed by atoms with Gasteiger partial charge in [0.05, 0.1) is 36.5 Å². The first-order valence-corrected chi connectivity index (χ1v) is 9.83. The van der Waals surface area contributed by atoms with Crippen LogP contribution < -0.4 is 10.1 Å². The Labute approximate surface area is 189 Å². The van der Waals surface area contributed by atoms with Gasteiger partial charge in [-0.25, -0.2) is 9.50 Å². The number of alkyl halides is 3. The maximum atomic E-state index is 13.4. The highest BCUT2D eigenvalue weighted by molar-refractivity contribution is 6.02. The molecular weight excluding hydrogens is 457 g/mol. The smallest absolute Gasteiger partial charge is 0.417 e. The van der Waals surface area contributed by atoms with E-state index in [1.54, 1.807) is 0 Å². The van der Waals surface area contributed by atoms with Crippen molar-refractivity contribution in [2.45, 2.75) is 12.3 Å². The Morgan fingerprint density at radius 2 is 1.94 bits per heavy atom. The minimum absolute atomic E-state index is 0.00473. The van der Waals surface area contributed by atoms with Gasteiger partial charge in [-0.3, -0.25) is 9.78 Å². The average Bonchev–Trinajstić information content (AvgIpc) is 3.25. The normalized spacial score (nSPS) is 12.5. The zero-order valence-electron chi connectivity index (χ0n) is 17.3. The number of halogens is 3. The molecule has 176 valence electrons. The highest BCUT2D eigenvalue weighted by Gasteiger charge is 2.33. The summed E-state index contributed by atoms with van der Waals surface area (Å²) in [6.45, 7) is -0.734. The summed E-state index contributed by atoms with van der Waals surface area (Å²) in [5, 5.41) is 24.9. The van der Waals surface area contributed by atoms with Crippen molar-refractivity contribution >= 4 is 17.4 Å². The molecule has 1 aromatic carbocycles. The fraction of sp³-hybridized carbons (Fsp3) is 0.190. The minimum Gasteiger partial charge on any atom is -0.474 e. The van der Waals surface area contributed by atoms with Gasteiger partial charge in [-0.1, -0.05) is 18.2 Å². The number of nitrogens with zero attached hydrogens (tertiary/aromatic N) is 5. The van der Waals surface area contributed by atoms with Crippen LogP contribution >= 0.6 is 0 Å². The number of aliphatic hydroxyl groups excluding tert-OH is 2. The molecule has 1 amide bonds. The summed E-state index contributed by atoms with van der Waals surface area (Å²) in [6.07, 6.45) is -1.97. The molecule has 10 nitrogen and oxygen atoms in total. The predicted molar refractivity (Wildman–Crippen MR) is 112 cm³/mol. The summed E-state index contributed by atoms with van der Waals surface area (Å²) < 4.78 is 46.6. The molecule has 3 N–H and O–H groups in total. The second kappa shape index (κ2) is 9.41. The molecule has 0 aliphatic rings. The van der Waals surface area contributed by atoms with Gasteiger partial charge in [-0.05, 0) is 18.2 Å². The number of anilines is 1. The lowest BCUT2D eigenvalue weighted by atomic mass is 10.0. The Bertz CT molecular complexity index is 1330. The van der Waals surface area contributed by atoms with Gasteiger partial charge < -0.3 is 20.3 Å². The van der Waals surface area contributed by atoms with Crippen molar-refractivity contribution in [1.82, 2.24) is 24.6 Å². The molecule has 4 aromatic rings. The molecule has 0 saturated carbocycles. The fourth-order valence-electron chi connectivity index (χ4n) is 3.02. The van der Waals surface area contributed by atoms with E-state index in [9.17, 15) is 23.1 Å². The lowest BCUT2D eigenvalue weighted by Gasteiger charge is -2.12. The van der Waals surface area contributed by atoms with Crippen molar-refractivity contribution in [1.29, 1.82) is 0 Å². The van der Waals surface area contributed by atoms with Crippen LogP contribution in [-0.2, 0) is 6.18 Å². The van der Waals surface area contributed by atoms with Crippen LogP contribution in [0.25, 0.3) is 16.9 Å². The number of aromatic nitrogens is 5. The molecule has 4 rings (SSSR count). The highest BCUT2D eigenvalue weighted by atomic mass is 19.4. The van der Waals surface area contributed by atoms with Crippen LogP contribution in [-0.4, -0.2) is 60.0 Å². The molecule has 0 radical (unpaired) electrons. The van der Waals surface area contributed by atoms with Gasteiger partial charge in [0, 0.05) is 5.56 Å². The zero-order valence-corrected chi connectivity index (χ0v) is 17.3. The summed E-state index contributed by atoms with van der Waals surface area (Å²) in [5.74, 6) is -0.690. The quantitative estimate of drug-likeness (QED) is 0.371. The van der Waals surface area contributed by atoms with E-state index in [0.29, 0.717) is 0 Å². The number of rotatable bonds is 7. The van der Waals surface area contributed by atoms with Gasteiger partial charge in [0.1, 0.15) is 12.7 Å². The number of hydrogen-bond donors (Lipinski definition) is 3. The molecule has 13 heteroatoms. The van der Waals surface area contributed by atoms with Gasteiger partial charge >= 0.3 is 6.18 Å². The van der Waals surface area contributed by atoms with E-state index in [0.717, 1.165) is 10.6 Å². The van der Waals surface area contributed by atoms with Crippen molar-refractivity contribution in [2.24, 2.45) is 0 Å². The second-order valence-corrected chi connectivity index (χ2v) is 7.02. The third kappa shape index (κ3) is 4.94. The van der Waals surface area contributed by atoms with Crippen LogP contribution in [0.15, 0.2) is 55.0 Å². The van der Waals surface area contributed by atoms with Crippen molar-refractivity contribution in [3.05, 3.63) is 66.2 Å². The summed E-state index contributed by atoms with van der Waals surface area (Å²) in [6, 6.07) is 7.84. The number of imidazole rings is 1. The van der Waals surface area contributed by atoms with Gasteiger partial charge in [-0.2, -0.15) is 23.3 Å². The highest BCUT2D eigenvalue weighted by Crippen LogP contribution is 2.36. The van der Waals surface area contributed by atoms with Crippen molar-refractivity contribution in [2.75, 3.05) is 18.5 Å². The number of carbonyl (C=O) groups is 1. The second-order valence-electron chi connectivity index (χ2n) is 7.02. The molecule has 0 spiro atoms. The molecule has 0 aliphatic heterocycles. The number of hydrogen-bond acceptors (Lipinski definition) is 8. The lowest BCUT2D eigenvalue weighted by molar-refractivity contribution is -0.137. The van der Waals surface area contributed by atoms with E-state index in [1.807, 2.05) is 0 Å². The van der Waals surface area contributed by atoms with Crippen LogP contribution in [0.2, 0.25) is 0 Å². The number of benzene rings is 1. The van der Waals surface area contributed by atoms with E-state index in [1.165, 1.54) is 48.9 Å². The van der Waals surface area contributed by atoms with Gasteiger partial charge in [0.2, 0.25) is 5.88 Å². The summed E-state index contributed by atoms with van der Waals surface area (Å²) in [7, 11) is 0. The van der Waals surface area contributed by atoms with E-state index >= 15 is 0 Å². The Kier molecular flexibility index (Phi) is 6.38. The average molecular weight is 474 g/mol. The molecule has 0 bridgehead atoms. The largest absolute Gasteiger partial charge is 0.474 e. The van der Waals surface area contributed by atoms with Gasteiger partial charge in [0.15, 0.2) is 17.2 Å². The van der Waals surface area contributed by atoms with Gasteiger partial charge in [-0.15, -0.1) is 0 Å². The third-order valence-electron chi connectivity index (χ3n) is 4.59. The number of carbonyl (C=O) groups excluding carboxylic acids is 1.